The maximum absolute atomic E-state index is 12.7. The van der Waals surface area contributed by atoms with Gasteiger partial charge < -0.3 is 9.47 Å². The van der Waals surface area contributed by atoms with Crippen LogP contribution in [0, 0.1) is 14.9 Å². The molecule has 1 N–H and O–H groups in total. The van der Waals surface area contributed by atoms with Crippen LogP contribution in [-0.2, 0) is 4.79 Å². The van der Waals surface area contributed by atoms with E-state index in [1.54, 1.807) is 48.5 Å². The molecule has 0 aromatic heterocycles. The maximum atomic E-state index is 12.7. The van der Waals surface area contributed by atoms with Crippen molar-refractivity contribution in [3.8, 4) is 17.6 Å². The maximum Gasteiger partial charge on any atom is 0.344 e. The van der Waals surface area contributed by atoms with Gasteiger partial charge in [0.1, 0.15) is 11.8 Å². The molecule has 3 aromatic rings. The molecule has 0 radical (unpaired) electrons. The van der Waals surface area contributed by atoms with E-state index in [2.05, 4.69) is 65.0 Å². The average Bonchev–Trinajstić information content (AvgIpc) is 2.80. The van der Waals surface area contributed by atoms with Crippen LogP contribution in [0.5, 0.6) is 11.5 Å². The van der Waals surface area contributed by atoms with Gasteiger partial charge in [-0.2, -0.15) is 10.4 Å². The summed E-state index contributed by atoms with van der Waals surface area (Å²) in [5, 5.41) is 13.0. The number of para-hydroxylation sites is 1. The van der Waals surface area contributed by atoms with Gasteiger partial charge in [0.2, 0.25) is 0 Å². The lowest BCUT2D eigenvalue weighted by molar-refractivity contribution is -0.123. The molecule has 0 bridgehead atoms. The Morgan fingerprint density at radius 1 is 1.12 bits per heavy atom. The predicted molar refractivity (Wildman–Crippen MR) is 138 cm³/mol. The number of carbonyl (C=O) groups excluding carboxylic acids is 2. The quantitative estimate of drug-likeness (QED) is 0.118. The molecule has 3 rings (SSSR count). The predicted octanol–water partition coefficient (Wildman–Crippen LogP) is 5.44. The van der Waals surface area contributed by atoms with E-state index in [4.69, 9.17) is 14.7 Å². The van der Waals surface area contributed by atoms with Crippen molar-refractivity contribution in [2.75, 3.05) is 6.61 Å². The highest BCUT2D eigenvalue weighted by Crippen LogP contribution is 2.33. The summed E-state index contributed by atoms with van der Waals surface area (Å²) in [6.07, 6.45) is 1.36. The summed E-state index contributed by atoms with van der Waals surface area (Å²) in [6, 6.07) is 19.1. The highest BCUT2D eigenvalue weighted by atomic mass is 127. The number of nitrogens with one attached hydrogen (secondary N) is 1. The highest BCUT2D eigenvalue weighted by Gasteiger charge is 2.17. The van der Waals surface area contributed by atoms with Gasteiger partial charge in [0.15, 0.2) is 12.4 Å². The summed E-state index contributed by atoms with van der Waals surface area (Å²) in [5.74, 6) is -0.489. The molecule has 1 amide bonds. The minimum Gasteiger partial charge on any atom is -0.482 e. The molecule has 0 atom stereocenters. The molecule has 0 aliphatic carbocycles. The van der Waals surface area contributed by atoms with Crippen LogP contribution >= 0.6 is 54.5 Å². The molecule has 33 heavy (non-hydrogen) atoms. The monoisotopic (exact) mass is 681 g/mol. The fourth-order valence-corrected chi connectivity index (χ4v) is 4.54. The van der Waals surface area contributed by atoms with Crippen LogP contribution in [0.25, 0.3) is 0 Å². The van der Waals surface area contributed by atoms with Crippen molar-refractivity contribution in [2.24, 2.45) is 5.10 Å². The van der Waals surface area contributed by atoms with Crippen LogP contribution in [-0.4, -0.2) is 24.7 Å². The first-order valence-corrected chi connectivity index (χ1v) is 11.9. The second-order valence-corrected chi connectivity index (χ2v) is 9.30. The number of nitrogens with zero attached hydrogens (tertiary/aromatic N) is 2. The highest BCUT2D eigenvalue weighted by molar-refractivity contribution is 14.1. The van der Waals surface area contributed by atoms with E-state index >= 15 is 0 Å². The number of carbonyl (C=O) groups is 2. The SMILES string of the molecule is N#Cc1ccccc1OCC(=O)NN=Cc1cc(Br)cc(Br)c1OC(=O)c1ccccc1I. The number of nitriles is 1. The Morgan fingerprint density at radius 3 is 2.61 bits per heavy atom. The number of hydrazone groups is 1. The Morgan fingerprint density at radius 2 is 1.85 bits per heavy atom. The molecule has 7 nitrogen and oxygen atoms in total. The molecular weight excluding hydrogens is 669 g/mol. The normalized spacial score (nSPS) is 10.5. The minimum atomic E-state index is -0.523. The molecule has 166 valence electrons. The van der Waals surface area contributed by atoms with Crippen LogP contribution in [0.4, 0.5) is 0 Å². The standard InChI is InChI=1S/C23H14Br2IN3O4/c24-16-9-15(12-28-29-21(30)13-32-20-8-4-1-5-14(20)11-27)22(18(25)10-16)33-23(31)17-6-2-3-7-19(17)26/h1-10,12H,13H2,(H,29,30). The van der Waals surface area contributed by atoms with Gasteiger partial charge in [-0.1, -0.05) is 40.2 Å². The Kier molecular flexibility index (Phi) is 8.99. The Balaban J connectivity index is 1.70. The van der Waals surface area contributed by atoms with E-state index in [0.29, 0.717) is 31.4 Å². The van der Waals surface area contributed by atoms with Gasteiger partial charge in [-0.25, -0.2) is 10.2 Å². The van der Waals surface area contributed by atoms with Crippen molar-refractivity contribution in [1.82, 2.24) is 5.43 Å². The molecule has 0 saturated heterocycles. The smallest absolute Gasteiger partial charge is 0.344 e. The number of amides is 1. The van der Waals surface area contributed by atoms with Crippen molar-refractivity contribution in [3.05, 3.63) is 89.9 Å². The summed E-state index contributed by atoms with van der Waals surface area (Å²) in [6.45, 7) is -0.327. The lowest BCUT2D eigenvalue weighted by Crippen LogP contribution is -2.24. The van der Waals surface area contributed by atoms with Crippen LogP contribution in [0.3, 0.4) is 0 Å². The molecule has 0 spiro atoms. The van der Waals surface area contributed by atoms with Crippen molar-refractivity contribution >= 4 is 72.5 Å². The van der Waals surface area contributed by atoms with Gasteiger partial charge in [0.25, 0.3) is 5.91 Å². The number of halogens is 3. The third-order valence-electron chi connectivity index (χ3n) is 4.08. The van der Waals surface area contributed by atoms with Crippen molar-refractivity contribution in [1.29, 1.82) is 5.26 Å². The average molecular weight is 683 g/mol. The van der Waals surface area contributed by atoms with Crippen molar-refractivity contribution in [3.63, 3.8) is 0 Å². The molecule has 0 unspecified atom stereocenters. The summed E-state index contributed by atoms with van der Waals surface area (Å²) >= 11 is 8.85. The number of hydrogen-bond acceptors (Lipinski definition) is 6. The van der Waals surface area contributed by atoms with E-state index in [0.717, 1.165) is 3.57 Å². The Hall–Kier alpha value is -2.75. The van der Waals surface area contributed by atoms with Crippen molar-refractivity contribution in [2.45, 2.75) is 0 Å². The van der Waals surface area contributed by atoms with Gasteiger partial charge in [-0.05, 0) is 74.9 Å². The molecule has 0 aliphatic heterocycles. The number of benzene rings is 3. The third-order valence-corrected chi connectivity index (χ3v) is 6.07. The van der Waals surface area contributed by atoms with Crippen LogP contribution in [0.1, 0.15) is 21.5 Å². The number of esters is 1. The van der Waals surface area contributed by atoms with Gasteiger partial charge in [0, 0.05) is 13.6 Å². The van der Waals surface area contributed by atoms with Gasteiger partial charge in [0.05, 0.1) is 21.8 Å². The fourth-order valence-electron chi connectivity index (χ4n) is 2.59. The van der Waals surface area contributed by atoms with Gasteiger partial charge >= 0.3 is 5.97 Å². The topological polar surface area (TPSA) is 101 Å². The van der Waals surface area contributed by atoms with Crippen LogP contribution in [0.15, 0.2) is 74.7 Å². The lowest BCUT2D eigenvalue weighted by Gasteiger charge is -2.11. The molecule has 0 fully saturated rings. The molecular formula is C23H14Br2IN3O4. The Bertz CT molecular complexity index is 1270. The van der Waals surface area contributed by atoms with Crippen molar-refractivity contribution < 1.29 is 19.1 Å². The van der Waals surface area contributed by atoms with Crippen LogP contribution < -0.4 is 14.9 Å². The van der Waals surface area contributed by atoms with Crippen LogP contribution in [0.2, 0.25) is 0 Å². The zero-order valence-electron chi connectivity index (χ0n) is 16.7. The third kappa shape index (κ3) is 6.86. The van der Waals surface area contributed by atoms with Gasteiger partial charge in [-0.15, -0.1) is 0 Å². The van der Waals surface area contributed by atoms with E-state index < -0.39 is 11.9 Å². The molecule has 3 aromatic carbocycles. The number of ether oxygens (including phenoxy) is 2. The minimum absolute atomic E-state index is 0.250. The molecule has 10 heteroatoms. The fraction of sp³-hybridized carbons (Fsp3) is 0.0435. The molecule has 0 aliphatic rings. The van der Waals surface area contributed by atoms with E-state index in [9.17, 15) is 9.59 Å². The van der Waals surface area contributed by atoms with E-state index in [-0.39, 0.29) is 12.4 Å². The van der Waals surface area contributed by atoms with E-state index in [1.165, 1.54) is 6.21 Å². The molecule has 0 saturated carbocycles. The first-order chi connectivity index (χ1) is 15.9. The summed E-state index contributed by atoms with van der Waals surface area (Å²) in [5.41, 5.74) is 3.56. The Labute approximate surface area is 220 Å². The largest absolute Gasteiger partial charge is 0.482 e. The summed E-state index contributed by atoms with van der Waals surface area (Å²) in [4.78, 5) is 24.8. The van der Waals surface area contributed by atoms with E-state index in [1.807, 2.05) is 18.2 Å². The first-order valence-electron chi connectivity index (χ1n) is 9.28. The second kappa shape index (κ2) is 11.9. The zero-order chi connectivity index (χ0) is 23.8. The summed E-state index contributed by atoms with van der Waals surface area (Å²) in [7, 11) is 0. The van der Waals surface area contributed by atoms with Gasteiger partial charge in [-0.3, -0.25) is 4.79 Å². The molecule has 0 heterocycles. The second-order valence-electron chi connectivity index (χ2n) is 6.37. The zero-order valence-corrected chi connectivity index (χ0v) is 22.0. The number of rotatable bonds is 7. The number of hydrogen-bond donors (Lipinski definition) is 1. The summed E-state index contributed by atoms with van der Waals surface area (Å²) < 4.78 is 13.0. The lowest BCUT2D eigenvalue weighted by atomic mass is 10.2. The first kappa shape index (κ1) is 24.9.